The predicted octanol–water partition coefficient (Wildman–Crippen LogP) is 1.25. The zero-order valence-corrected chi connectivity index (χ0v) is 16.0. The van der Waals surface area contributed by atoms with E-state index in [4.69, 9.17) is 28.4 Å². The topological polar surface area (TPSA) is 67.4 Å². The molecule has 1 aliphatic heterocycles. The second-order valence-corrected chi connectivity index (χ2v) is 6.19. The van der Waals surface area contributed by atoms with E-state index in [1.807, 2.05) is 13.8 Å². The largest absolute Gasteiger partial charge is 0.377 e. The molecule has 1 N–H and O–H groups in total. The fraction of sp³-hybridized carbons (Fsp3) is 1.00. The van der Waals surface area contributed by atoms with Crippen LogP contribution in [0.1, 0.15) is 26.7 Å². The van der Waals surface area contributed by atoms with Gasteiger partial charge in [0.05, 0.1) is 78.3 Å². The van der Waals surface area contributed by atoms with Gasteiger partial charge in [0.1, 0.15) is 0 Å². The van der Waals surface area contributed by atoms with Crippen molar-refractivity contribution in [2.45, 2.75) is 38.9 Å². The molecule has 1 rings (SSSR count). The Labute approximate surface area is 152 Å². The van der Waals surface area contributed by atoms with E-state index in [9.17, 15) is 0 Å². The third kappa shape index (κ3) is 15.7. The molecule has 0 aromatic carbocycles. The summed E-state index contributed by atoms with van der Waals surface area (Å²) in [6, 6.07) is 0. The minimum atomic E-state index is 0.253. The molecule has 0 spiro atoms. The molecule has 7 heteroatoms. The van der Waals surface area contributed by atoms with Crippen molar-refractivity contribution < 1.29 is 28.4 Å². The molecular weight excluding hydrogens is 326 g/mol. The minimum Gasteiger partial charge on any atom is -0.377 e. The Bertz CT molecular complexity index is 274. The van der Waals surface area contributed by atoms with Crippen molar-refractivity contribution in [2.75, 3.05) is 79.2 Å². The van der Waals surface area contributed by atoms with Gasteiger partial charge in [-0.15, -0.1) is 0 Å². The van der Waals surface area contributed by atoms with Crippen molar-refractivity contribution in [2.24, 2.45) is 0 Å². The van der Waals surface area contributed by atoms with Crippen molar-refractivity contribution in [3.63, 3.8) is 0 Å². The van der Waals surface area contributed by atoms with Gasteiger partial charge in [-0.05, 0) is 39.8 Å². The van der Waals surface area contributed by atoms with Gasteiger partial charge < -0.3 is 33.7 Å². The zero-order valence-electron chi connectivity index (χ0n) is 16.0. The Morgan fingerprint density at radius 1 is 0.680 bits per heavy atom. The summed E-state index contributed by atoms with van der Waals surface area (Å²) in [6.07, 6.45) is 2.84. The van der Waals surface area contributed by atoms with E-state index in [0.717, 1.165) is 25.9 Å². The zero-order chi connectivity index (χ0) is 18.0. The van der Waals surface area contributed by atoms with Crippen LogP contribution in [0, 0.1) is 0 Å². The number of piperidine rings is 1. The lowest BCUT2D eigenvalue weighted by Gasteiger charge is -2.22. The Morgan fingerprint density at radius 3 is 1.60 bits per heavy atom. The highest BCUT2D eigenvalue weighted by Gasteiger charge is 2.12. The van der Waals surface area contributed by atoms with E-state index in [1.165, 1.54) is 0 Å². The van der Waals surface area contributed by atoms with Gasteiger partial charge in [-0.2, -0.15) is 0 Å². The normalized spacial score (nSPS) is 16.0. The summed E-state index contributed by atoms with van der Waals surface area (Å²) in [5.74, 6) is 0. The van der Waals surface area contributed by atoms with Crippen LogP contribution in [0.3, 0.4) is 0 Å². The summed E-state index contributed by atoms with van der Waals surface area (Å²) < 4.78 is 32.9. The molecule has 1 aliphatic rings. The summed E-state index contributed by atoms with van der Waals surface area (Å²) >= 11 is 0. The summed E-state index contributed by atoms with van der Waals surface area (Å²) in [5, 5.41) is 3.32. The average Bonchev–Trinajstić information content (AvgIpc) is 2.62. The highest BCUT2D eigenvalue weighted by molar-refractivity contribution is 4.67. The molecule has 0 atom stereocenters. The van der Waals surface area contributed by atoms with Gasteiger partial charge in [0.25, 0.3) is 0 Å². The lowest BCUT2D eigenvalue weighted by atomic mass is 10.1. The van der Waals surface area contributed by atoms with Crippen LogP contribution >= 0.6 is 0 Å². The van der Waals surface area contributed by atoms with Crippen LogP contribution in [0.15, 0.2) is 0 Å². The van der Waals surface area contributed by atoms with Crippen LogP contribution in [-0.4, -0.2) is 91.4 Å². The van der Waals surface area contributed by atoms with E-state index in [2.05, 4.69) is 5.32 Å². The molecule has 0 unspecified atom stereocenters. The van der Waals surface area contributed by atoms with Crippen LogP contribution in [-0.2, 0) is 28.4 Å². The SMILES string of the molecule is CC(C)OCCOCCOCCOCCOCCOC1CCNCC1. The molecule has 0 radical (unpaired) electrons. The van der Waals surface area contributed by atoms with Gasteiger partial charge in [0.2, 0.25) is 0 Å². The first-order valence-corrected chi connectivity index (χ1v) is 9.54. The maximum absolute atomic E-state index is 5.76. The summed E-state index contributed by atoms with van der Waals surface area (Å²) in [5.41, 5.74) is 0. The number of hydrogen-bond donors (Lipinski definition) is 1. The molecule has 1 saturated heterocycles. The lowest BCUT2D eigenvalue weighted by molar-refractivity contribution is -0.0310. The Balaban J connectivity index is 1.66. The molecule has 25 heavy (non-hydrogen) atoms. The van der Waals surface area contributed by atoms with Gasteiger partial charge in [-0.1, -0.05) is 0 Å². The smallest absolute Gasteiger partial charge is 0.0704 e. The molecule has 0 aromatic heterocycles. The van der Waals surface area contributed by atoms with E-state index in [0.29, 0.717) is 72.2 Å². The minimum absolute atomic E-state index is 0.253. The van der Waals surface area contributed by atoms with Crippen molar-refractivity contribution in [3.8, 4) is 0 Å². The third-order valence-electron chi connectivity index (χ3n) is 3.66. The third-order valence-corrected chi connectivity index (χ3v) is 3.66. The second kappa shape index (κ2) is 17.1. The van der Waals surface area contributed by atoms with Gasteiger partial charge >= 0.3 is 0 Å². The number of ether oxygens (including phenoxy) is 6. The molecular formula is C18H37NO6. The maximum Gasteiger partial charge on any atom is 0.0704 e. The molecule has 0 saturated carbocycles. The standard InChI is InChI=1S/C18H37NO6/c1-17(2)24-15-13-22-11-9-20-7-8-21-10-12-23-14-16-25-18-3-5-19-6-4-18/h17-19H,3-16H2,1-2H3. The first-order chi connectivity index (χ1) is 12.3. The fourth-order valence-electron chi connectivity index (χ4n) is 2.34. The molecule has 150 valence electrons. The number of rotatable bonds is 17. The van der Waals surface area contributed by atoms with Gasteiger partial charge in [0.15, 0.2) is 0 Å². The molecule has 0 amide bonds. The molecule has 0 aliphatic carbocycles. The Kier molecular flexibility index (Phi) is 15.6. The first-order valence-electron chi connectivity index (χ1n) is 9.54. The quantitative estimate of drug-likeness (QED) is 0.390. The van der Waals surface area contributed by atoms with Gasteiger partial charge in [-0.25, -0.2) is 0 Å². The van der Waals surface area contributed by atoms with Crippen LogP contribution < -0.4 is 5.32 Å². The van der Waals surface area contributed by atoms with Crippen LogP contribution in [0.5, 0.6) is 0 Å². The predicted molar refractivity (Wildman–Crippen MR) is 96.2 cm³/mol. The summed E-state index contributed by atoms with van der Waals surface area (Å²) in [7, 11) is 0. The molecule has 7 nitrogen and oxygen atoms in total. The fourth-order valence-corrected chi connectivity index (χ4v) is 2.34. The molecule has 1 heterocycles. The van der Waals surface area contributed by atoms with Crippen LogP contribution in [0.2, 0.25) is 0 Å². The highest BCUT2D eigenvalue weighted by atomic mass is 16.6. The Hall–Kier alpha value is -0.280. The Morgan fingerprint density at radius 2 is 1.12 bits per heavy atom. The number of nitrogens with one attached hydrogen (secondary N) is 1. The summed E-state index contributed by atoms with van der Waals surface area (Å²) in [6.45, 7) is 12.1. The van der Waals surface area contributed by atoms with Crippen molar-refractivity contribution in [3.05, 3.63) is 0 Å². The summed E-state index contributed by atoms with van der Waals surface area (Å²) in [4.78, 5) is 0. The molecule has 1 fully saturated rings. The van der Waals surface area contributed by atoms with Gasteiger partial charge in [0, 0.05) is 0 Å². The highest BCUT2D eigenvalue weighted by Crippen LogP contribution is 2.06. The van der Waals surface area contributed by atoms with Crippen LogP contribution in [0.4, 0.5) is 0 Å². The molecule has 0 aromatic rings. The average molecular weight is 363 g/mol. The van der Waals surface area contributed by atoms with Crippen molar-refractivity contribution in [1.29, 1.82) is 0 Å². The van der Waals surface area contributed by atoms with E-state index < -0.39 is 0 Å². The first kappa shape index (κ1) is 22.8. The van der Waals surface area contributed by atoms with E-state index in [-0.39, 0.29) is 6.10 Å². The molecule has 0 bridgehead atoms. The van der Waals surface area contributed by atoms with Crippen molar-refractivity contribution >= 4 is 0 Å². The monoisotopic (exact) mass is 363 g/mol. The van der Waals surface area contributed by atoms with Crippen molar-refractivity contribution in [1.82, 2.24) is 5.32 Å². The second-order valence-electron chi connectivity index (χ2n) is 6.19. The van der Waals surface area contributed by atoms with E-state index in [1.54, 1.807) is 0 Å². The maximum atomic E-state index is 5.76. The van der Waals surface area contributed by atoms with Gasteiger partial charge in [-0.3, -0.25) is 0 Å². The van der Waals surface area contributed by atoms with Crippen LogP contribution in [0.25, 0.3) is 0 Å². The number of hydrogen-bond acceptors (Lipinski definition) is 7. The van der Waals surface area contributed by atoms with E-state index >= 15 is 0 Å². The lowest BCUT2D eigenvalue weighted by Crippen LogP contribution is -2.33.